The summed E-state index contributed by atoms with van der Waals surface area (Å²) in [5.74, 6) is 0.464. The highest BCUT2D eigenvalue weighted by Gasteiger charge is 2.06. The summed E-state index contributed by atoms with van der Waals surface area (Å²) in [5.41, 5.74) is 2.78. The third-order valence-corrected chi connectivity index (χ3v) is 2.74. The van der Waals surface area contributed by atoms with Crippen molar-refractivity contribution in [3.8, 4) is 0 Å². The molecule has 0 unspecified atom stereocenters. The van der Waals surface area contributed by atoms with Gasteiger partial charge in [-0.15, -0.1) is 0 Å². The van der Waals surface area contributed by atoms with Crippen molar-refractivity contribution < 1.29 is 9.53 Å². The van der Waals surface area contributed by atoms with Crippen molar-refractivity contribution in [2.24, 2.45) is 5.92 Å². The fourth-order valence-corrected chi connectivity index (χ4v) is 1.74. The van der Waals surface area contributed by atoms with Crippen LogP contribution in [0.3, 0.4) is 0 Å². The Labute approximate surface area is 115 Å². The van der Waals surface area contributed by atoms with Crippen LogP contribution in [0.4, 0.5) is 5.69 Å². The van der Waals surface area contributed by atoms with Crippen molar-refractivity contribution in [1.82, 2.24) is 5.32 Å². The molecule has 0 aliphatic rings. The number of ether oxygens (including phenoxy) is 1. The van der Waals surface area contributed by atoms with Gasteiger partial charge < -0.3 is 15.4 Å². The number of benzene rings is 1. The van der Waals surface area contributed by atoms with E-state index in [1.54, 1.807) is 0 Å². The molecular formula is C15H24N2O2. The van der Waals surface area contributed by atoms with Gasteiger partial charge in [0.05, 0.1) is 6.61 Å². The van der Waals surface area contributed by atoms with Gasteiger partial charge in [0.2, 0.25) is 0 Å². The molecule has 1 aromatic rings. The zero-order chi connectivity index (χ0) is 14.3. The van der Waals surface area contributed by atoms with E-state index in [2.05, 4.69) is 24.5 Å². The van der Waals surface area contributed by atoms with E-state index in [4.69, 9.17) is 4.74 Å². The molecule has 1 aromatic carbocycles. The molecule has 0 saturated carbocycles. The number of amides is 1. The molecule has 1 rings (SSSR count). The molecule has 0 fully saturated rings. The van der Waals surface area contributed by atoms with Gasteiger partial charge in [-0.1, -0.05) is 13.8 Å². The lowest BCUT2D eigenvalue weighted by atomic mass is 10.1. The molecule has 0 spiro atoms. The van der Waals surface area contributed by atoms with Gasteiger partial charge >= 0.3 is 0 Å². The Balaban J connectivity index is 2.39. The first-order valence-corrected chi connectivity index (χ1v) is 6.69. The van der Waals surface area contributed by atoms with Crippen molar-refractivity contribution in [3.63, 3.8) is 0 Å². The normalized spacial score (nSPS) is 10.6. The number of carbonyl (C=O) groups excluding carboxylic acids is 1. The van der Waals surface area contributed by atoms with E-state index >= 15 is 0 Å². The summed E-state index contributed by atoms with van der Waals surface area (Å²) in [4.78, 5) is 11.9. The Hall–Kier alpha value is -1.55. The zero-order valence-corrected chi connectivity index (χ0v) is 12.2. The second-order valence-electron chi connectivity index (χ2n) is 5.00. The van der Waals surface area contributed by atoms with Crippen LogP contribution in [0.1, 0.15) is 29.8 Å². The fourth-order valence-electron chi connectivity index (χ4n) is 1.74. The van der Waals surface area contributed by atoms with Crippen LogP contribution in [-0.2, 0) is 4.74 Å². The summed E-state index contributed by atoms with van der Waals surface area (Å²) in [6.45, 7) is 8.01. The molecule has 0 saturated heterocycles. The number of hydrogen-bond acceptors (Lipinski definition) is 3. The van der Waals surface area contributed by atoms with Crippen molar-refractivity contribution in [2.45, 2.75) is 20.8 Å². The zero-order valence-electron chi connectivity index (χ0n) is 12.2. The Bertz CT molecular complexity index is 417. The molecule has 19 heavy (non-hydrogen) atoms. The maximum absolute atomic E-state index is 11.9. The van der Waals surface area contributed by atoms with Crippen molar-refractivity contribution in [2.75, 3.05) is 32.1 Å². The van der Waals surface area contributed by atoms with Gasteiger partial charge in [-0.2, -0.15) is 0 Å². The molecule has 4 nitrogen and oxygen atoms in total. The lowest BCUT2D eigenvalue weighted by molar-refractivity contribution is 0.0886. The molecule has 106 valence electrons. The highest BCUT2D eigenvalue weighted by molar-refractivity contribution is 5.94. The van der Waals surface area contributed by atoms with Gasteiger partial charge in [-0.25, -0.2) is 0 Å². The minimum Gasteiger partial charge on any atom is -0.388 e. The molecule has 1 amide bonds. The van der Waals surface area contributed by atoms with Gasteiger partial charge in [-0.05, 0) is 36.6 Å². The predicted molar refractivity (Wildman–Crippen MR) is 78.7 cm³/mol. The Morgan fingerprint density at radius 3 is 2.68 bits per heavy atom. The minimum atomic E-state index is -0.0566. The smallest absolute Gasteiger partial charge is 0.251 e. The third kappa shape index (κ3) is 5.30. The predicted octanol–water partition coefficient (Wildman–Crippen LogP) is 2.44. The summed E-state index contributed by atoms with van der Waals surface area (Å²) >= 11 is 0. The highest BCUT2D eigenvalue weighted by Crippen LogP contribution is 2.15. The summed E-state index contributed by atoms with van der Waals surface area (Å²) in [5, 5.41) is 5.93. The van der Waals surface area contributed by atoms with Crippen LogP contribution in [0.15, 0.2) is 18.2 Å². The lowest BCUT2D eigenvalue weighted by Gasteiger charge is -2.10. The number of anilines is 1. The summed E-state index contributed by atoms with van der Waals surface area (Å²) in [6, 6.07) is 5.62. The highest BCUT2D eigenvalue weighted by atomic mass is 16.5. The number of nitrogens with one attached hydrogen (secondary N) is 2. The average Bonchev–Trinajstić information content (AvgIpc) is 2.37. The van der Waals surface area contributed by atoms with Crippen molar-refractivity contribution in [3.05, 3.63) is 29.3 Å². The molecule has 0 bridgehead atoms. The first kappa shape index (κ1) is 15.5. The molecule has 0 aromatic heterocycles. The van der Waals surface area contributed by atoms with E-state index in [-0.39, 0.29) is 5.91 Å². The van der Waals surface area contributed by atoms with Gasteiger partial charge in [0, 0.05) is 31.5 Å². The Kier molecular flexibility index (Phi) is 6.36. The molecule has 0 radical (unpaired) electrons. The summed E-state index contributed by atoms with van der Waals surface area (Å²) < 4.78 is 5.42. The first-order chi connectivity index (χ1) is 9.04. The number of carbonyl (C=O) groups is 1. The van der Waals surface area contributed by atoms with E-state index in [0.717, 1.165) is 17.9 Å². The van der Waals surface area contributed by atoms with E-state index in [1.807, 2.05) is 32.2 Å². The van der Waals surface area contributed by atoms with Crippen molar-refractivity contribution in [1.29, 1.82) is 0 Å². The topological polar surface area (TPSA) is 50.4 Å². The lowest BCUT2D eigenvalue weighted by Crippen LogP contribution is -2.27. The second-order valence-corrected chi connectivity index (χ2v) is 5.00. The van der Waals surface area contributed by atoms with Crippen LogP contribution in [0, 0.1) is 12.8 Å². The molecule has 2 N–H and O–H groups in total. The standard InChI is InChI=1S/C15H24N2O2/c1-11(2)10-19-8-7-17-15(18)13-5-6-14(16-4)12(3)9-13/h5-6,9,11,16H,7-8,10H2,1-4H3,(H,17,18). The van der Waals surface area contributed by atoms with Crippen LogP contribution in [0.5, 0.6) is 0 Å². The largest absolute Gasteiger partial charge is 0.388 e. The first-order valence-electron chi connectivity index (χ1n) is 6.69. The monoisotopic (exact) mass is 264 g/mol. The van der Waals surface area contributed by atoms with Crippen LogP contribution < -0.4 is 10.6 Å². The minimum absolute atomic E-state index is 0.0566. The van der Waals surface area contributed by atoms with Gasteiger partial charge in [0.25, 0.3) is 5.91 Å². The summed E-state index contributed by atoms with van der Waals surface area (Å²) in [6.07, 6.45) is 0. The molecular weight excluding hydrogens is 240 g/mol. The number of hydrogen-bond donors (Lipinski definition) is 2. The van der Waals surface area contributed by atoms with Gasteiger partial charge in [0.15, 0.2) is 0 Å². The quantitative estimate of drug-likeness (QED) is 0.744. The third-order valence-electron chi connectivity index (χ3n) is 2.74. The molecule has 4 heteroatoms. The average molecular weight is 264 g/mol. The summed E-state index contributed by atoms with van der Waals surface area (Å²) in [7, 11) is 1.87. The van der Waals surface area contributed by atoms with E-state index in [9.17, 15) is 4.79 Å². The van der Waals surface area contributed by atoms with Gasteiger partial charge in [-0.3, -0.25) is 4.79 Å². The van der Waals surface area contributed by atoms with E-state index in [1.165, 1.54) is 0 Å². The Morgan fingerprint density at radius 2 is 2.11 bits per heavy atom. The van der Waals surface area contributed by atoms with E-state index < -0.39 is 0 Å². The number of aryl methyl sites for hydroxylation is 1. The second kappa shape index (κ2) is 7.79. The van der Waals surface area contributed by atoms with E-state index in [0.29, 0.717) is 24.6 Å². The molecule has 0 atom stereocenters. The van der Waals surface area contributed by atoms with Crippen LogP contribution >= 0.6 is 0 Å². The van der Waals surface area contributed by atoms with Crippen molar-refractivity contribution >= 4 is 11.6 Å². The van der Waals surface area contributed by atoms with Crippen LogP contribution in [-0.4, -0.2) is 32.7 Å². The van der Waals surface area contributed by atoms with Crippen LogP contribution in [0.2, 0.25) is 0 Å². The maximum Gasteiger partial charge on any atom is 0.251 e. The Morgan fingerprint density at radius 1 is 1.37 bits per heavy atom. The molecule has 0 aliphatic heterocycles. The van der Waals surface area contributed by atoms with Crippen LogP contribution in [0.25, 0.3) is 0 Å². The maximum atomic E-state index is 11.9. The molecule has 0 aliphatic carbocycles. The molecule has 0 heterocycles. The fraction of sp³-hybridized carbons (Fsp3) is 0.533. The van der Waals surface area contributed by atoms with Gasteiger partial charge in [0.1, 0.15) is 0 Å². The SMILES string of the molecule is CNc1ccc(C(=O)NCCOCC(C)C)cc1C. The number of rotatable bonds is 7.